The van der Waals surface area contributed by atoms with Crippen LogP contribution in [-0.2, 0) is 21.3 Å². The lowest BCUT2D eigenvalue weighted by atomic mass is 10.1. The summed E-state index contributed by atoms with van der Waals surface area (Å²) in [5.74, 6) is -1.67. The minimum atomic E-state index is -1.49. The Hall–Kier alpha value is -2.41. The van der Waals surface area contributed by atoms with Gasteiger partial charge in [-0.15, -0.1) is 0 Å². The summed E-state index contributed by atoms with van der Waals surface area (Å²) < 4.78 is 17.0. The minimum absolute atomic E-state index is 0.00645. The topological polar surface area (TPSA) is 96.6 Å². The molecule has 6 nitrogen and oxygen atoms in total. The molecule has 2 aromatic rings. The smallest absolute Gasteiger partial charge is 0.371 e. The summed E-state index contributed by atoms with van der Waals surface area (Å²) in [5, 5.41) is 11.5. The number of carboxylic acid groups (broad SMARTS) is 1. The van der Waals surface area contributed by atoms with E-state index in [1.165, 1.54) is 12.1 Å². The Morgan fingerprint density at radius 3 is 2.61 bits per heavy atom. The number of furan rings is 1. The van der Waals surface area contributed by atoms with Gasteiger partial charge in [-0.2, -0.15) is 0 Å². The van der Waals surface area contributed by atoms with Crippen LogP contribution in [0.2, 0.25) is 0 Å². The predicted molar refractivity (Wildman–Crippen MR) is 86.9 cm³/mol. The summed E-state index contributed by atoms with van der Waals surface area (Å²) in [6.45, 7) is 3.80. The van der Waals surface area contributed by atoms with Crippen molar-refractivity contribution in [2.24, 2.45) is 0 Å². The van der Waals surface area contributed by atoms with Gasteiger partial charge in [0.25, 0.3) is 0 Å². The van der Waals surface area contributed by atoms with Crippen molar-refractivity contribution in [3.63, 3.8) is 0 Å². The molecular formula is C16H17NO5S. The van der Waals surface area contributed by atoms with Crippen molar-refractivity contribution < 1.29 is 23.3 Å². The van der Waals surface area contributed by atoms with Crippen LogP contribution in [0.1, 0.15) is 27.4 Å². The Morgan fingerprint density at radius 1 is 1.22 bits per heavy atom. The average Bonchev–Trinajstić information content (AvgIpc) is 2.91. The van der Waals surface area contributed by atoms with Gasteiger partial charge in [-0.25, -0.2) is 4.79 Å². The van der Waals surface area contributed by atoms with Crippen LogP contribution in [0.25, 0.3) is 0 Å². The predicted octanol–water partition coefficient (Wildman–Crippen LogP) is 2.48. The number of amides is 1. The van der Waals surface area contributed by atoms with Gasteiger partial charge in [-0.3, -0.25) is 9.00 Å². The summed E-state index contributed by atoms with van der Waals surface area (Å²) in [6, 6.07) is 8.44. The molecule has 0 aliphatic heterocycles. The normalized spacial score (nSPS) is 11.9. The Bertz CT molecular complexity index is 766. The largest absolute Gasteiger partial charge is 0.475 e. The van der Waals surface area contributed by atoms with Crippen molar-refractivity contribution >= 4 is 28.4 Å². The summed E-state index contributed by atoms with van der Waals surface area (Å²) in [6.07, 6.45) is 0. The monoisotopic (exact) mass is 335 g/mol. The lowest BCUT2D eigenvalue weighted by Gasteiger charge is -2.09. The molecule has 0 aliphatic carbocycles. The van der Waals surface area contributed by atoms with Crippen molar-refractivity contribution in [2.75, 3.05) is 11.1 Å². The number of hydrogen-bond acceptors (Lipinski definition) is 4. The fraction of sp³-hybridized carbons (Fsp3) is 0.250. The summed E-state index contributed by atoms with van der Waals surface area (Å²) in [4.78, 5) is 22.7. The number of benzene rings is 1. The van der Waals surface area contributed by atoms with Crippen LogP contribution in [0.4, 0.5) is 5.69 Å². The van der Waals surface area contributed by atoms with E-state index < -0.39 is 16.8 Å². The SMILES string of the molecule is Cc1ccc(C)c(NC(=O)CS(=O)Cc2ccc(C(=O)O)o2)c1. The zero-order chi connectivity index (χ0) is 17.0. The lowest BCUT2D eigenvalue weighted by molar-refractivity contribution is -0.113. The van der Waals surface area contributed by atoms with E-state index in [4.69, 9.17) is 9.52 Å². The molecule has 2 rings (SSSR count). The molecule has 1 aromatic carbocycles. The second kappa shape index (κ2) is 7.23. The highest BCUT2D eigenvalue weighted by molar-refractivity contribution is 7.84. The molecule has 1 aromatic heterocycles. The van der Waals surface area contributed by atoms with Crippen molar-refractivity contribution in [2.45, 2.75) is 19.6 Å². The summed E-state index contributed by atoms with van der Waals surface area (Å²) >= 11 is 0. The molecule has 122 valence electrons. The Morgan fingerprint density at radius 2 is 1.96 bits per heavy atom. The molecule has 1 amide bonds. The molecule has 1 heterocycles. The van der Waals surface area contributed by atoms with E-state index in [1.807, 2.05) is 32.0 Å². The molecule has 0 bridgehead atoms. The molecule has 7 heteroatoms. The van der Waals surface area contributed by atoms with Gasteiger partial charge in [-0.05, 0) is 43.2 Å². The summed E-state index contributed by atoms with van der Waals surface area (Å²) in [5.41, 5.74) is 2.63. The first-order valence-corrected chi connectivity index (χ1v) is 8.38. The van der Waals surface area contributed by atoms with Gasteiger partial charge in [0, 0.05) is 16.5 Å². The van der Waals surface area contributed by atoms with E-state index in [-0.39, 0.29) is 28.9 Å². The second-order valence-corrected chi connectivity index (χ2v) is 6.62. The van der Waals surface area contributed by atoms with E-state index in [0.717, 1.165) is 11.1 Å². The van der Waals surface area contributed by atoms with Crippen LogP contribution in [0.15, 0.2) is 34.7 Å². The van der Waals surface area contributed by atoms with Gasteiger partial charge < -0.3 is 14.8 Å². The number of anilines is 1. The van der Waals surface area contributed by atoms with Gasteiger partial charge >= 0.3 is 5.97 Å². The average molecular weight is 335 g/mol. The zero-order valence-electron chi connectivity index (χ0n) is 12.8. The molecule has 0 spiro atoms. The number of rotatable bonds is 6. The third-order valence-corrected chi connectivity index (χ3v) is 4.33. The third kappa shape index (κ3) is 4.79. The van der Waals surface area contributed by atoms with Crippen LogP contribution >= 0.6 is 0 Å². The fourth-order valence-electron chi connectivity index (χ4n) is 1.98. The van der Waals surface area contributed by atoms with Gasteiger partial charge in [0.2, 0.25) is 11.7 Å². The Labute approximate surface area is 136 Å². The first-order valence-electron chi connectivity index (χ1n) is 6.89. The highest BCUT2D eigenvalue weighted by atomic mass is 32.2. The number of carboxylic acids is 1. The highest BCUT2D eigenvalue weighted by Gasteiger charge is 2.14. The van der Waals surface area contributed by atoms with Crippen molar-refractivity contribution in [3.8, 4) is 0 Å². The molecule has 0 aliphatic rings. The first kappa shape index (κ1) is 17.0. The van der Waals surface area contributed by atoms with Gasteiger partial charge in [0.05, 0.1) is 5.75 Å². The molecular weight excluding hydrogens is 318 g/mol. The third-order valence-electron chi connectivity index (χ3n) is 3.13. The second-order valence-electron chi connectivity index (χ2n) is 5.17. The number of carbonyl (C=O) groups is 2. The standard InChI is InChI=1S/C16H17NO5S/c1-10-3-4-11(2)13(7-10)17-15(18)9-23(21)8-12-5-6-14(22-12)16(19)20/h3-7H,8-9H2,1-2H3,(H,17,18)(H,19,20). The first-order chi connectivity index (χ1) is 10.8. The fourth-order valence-corrected chi connectivity index (χ4v) is 2.92. The lowest BCUT2D eigenvalue weighted by Crippen LogP contribution is -2.20. The van der Waals surface area contributed by atoms with Crippen molar-refractivity contribution in [1.82, 2.24) is 0 Å². The van der Waals surface area contributed by atoms with Gasteiger partial charge in [0.1, 0.15) is 11.5 Å². The Balaban J connectivity index is 1.92. The molecule has 2 N–H and O–H groups in total. The molecule has 0 fully saturated rings. The van der Waals surface area contributed by atoms with Crippen LogP contribution in [0.5, 0.6) is 0 Å². The van der Waals surface area contributed by atoms with Crippen LogP contribution in [-0.4, -0.2) is 26.9 Å². The quantitative estimate of drug-likeness (QED) is 0.845. The summed E-state index contributed by atoms with van der Waals surface area (Å²) in [7, 11) is -1.49. The van der Waals surface area contributed by atoms with Gasteiger partial charge in [0.15, 0.2) is 0 Å². The van der Waals surface area contributed by atoms with Crippen LogP contribution in [0.3, 0.4) is 0 Å². The minimum Gasteiger partial charge on any atom is -0.475 e. The molecule has 1 unspecified atom stereocenters. The maximum Gasteiger partial charge on any atom is 0.371 e. The van der Waals surface area contributed by atoms with Crippen LogP contribution in [0, 0.1) is 13.8 Å². The molecule has 0 radical (unpaired) electrons. The number of hydrogen-bond donors (Lipinski definition) is 2. The Kier molecular flexibility index (Phi) is 5.33. The van der Waals surface area contributed by atoms with E-state index in [2.05, 4.69) is 5.32 Å². The molecule has 0 saturated carbocycles. The van der Waals surface area contributed by atoms with E-state index in [9.17, 15) is 13.8 Å². The van der Waals surface area contributed by atoms with Crippen molar-refractivity contribution in [3.05, 3.63) is 53.0 Å². The van der Waals surface area contributed by atoms with E-state index in [0.29, 0.717) is 5.69 Å². The maximum atomic E-state index is 12.0. The molecule has 0 saturated heterocycles. The highest BCUT2D eigenvalue weighted by Crippen LogP contribution is 2.16. The number of carbonyl (C=O) groups excluding carboxylic acids is 1. The van der Waals surface area contributed by atoms with E-state index >= 15 is 0 Å². The maximum absolute atomic E-state index is 12.0. The molecule has 23 heavy (non-hydrogen) atoms. The number of aromatic carboxylic acids is 1. The van der Waals surface area contributed by atoms with Crippen molar-refractivity contribution in [1.29, 1.82) is 0 Å². The zero-order valence-corrected chi connectivity index (χ0v) is 13.6. The van der Waals surface area contributed by atoms with E-state index in [1.54, 1.807) is 0 Å². The van der Waals surface area contributed by atoms with Crippen LogP contribution < -0.4 is 5.32 Å². The molecule has 1 atom stereocenters. The number of aryl methyl sites for hydroxylation is 2. The number of nitrogens with one attached hydrogen (secondary N) is 1. The van der Waals surface area contributed by atoms with Gasteiger partial charge in [-0.1, -0.05) is 12.1 Å².